The summed E-state index contributed by atoms with van der Waals surface area (Å²) in [6.45, 7) is 17.7. The van der Waals surface area contributed by atoms with E-state index >= 15 is 0 Å². The predicted octanol–water partition coefficient (Wildman–Crippen LogP) is 0.620. The van der Waals surface area contributed by atoms with E-state index in [0.717, 1.165) is 18.4 Å². The number of hydrogen-bond donors (Lipinski definition) is 9. The lowest BCUT2D eigenvalue weighted by Gasteiger charge is -2.64. The van der Waals surface area contributed by atoms with Crippen molar-refractivity contribution in [1.29, 1.82) is 0 Å². The van der Waals surface area contributed by atoms with Crippen LogP contribution in [0, 0.1) is 39.4 Å². The molecular weight excluding hydrogens is 1090 g/mol. The Morgan fingerprint density at radius 1 is 0.778 bits per heavy atom. The zero-order valence-electron chi connectivity index (χ0n) is 47.5. The molecule has 0 radical (unpaired) electrons. The molecule has 9 aliphatic rings. The molecule has 3 saturated carbocycles. The highest BCUT2D eigenvalue weighted by Gasteiger charge is 2.79. The molecule has 25 nitrogen and oxygen atoms in total. The summed E-state index contributed by atoms with van der Waals surface area (Å²) >= 11 is 0. The molecule has 4 aliphatic carbocycles. The van der Waals surface area contributed by atoms with Gasteiger partial charge in [0.15, 0.2) is 25.2 Å². The van der Waals surface area contributed by atoms with Gasteiger partial charge in [-0.1, -0.05) is 44.9 Å². The van der Waals surface area contributed by atoms with Crippen LogP contribution in [-0.4, -0.2) is 221 Å². The van der Waals surface area contributed by atoms with Crippen molar-refractivity contribution in [3.8, 4) is 0 Å². The van der Waals surface area contributed by atoms with Crippen molar-refractivity contribution >= 4 is 22.3 Å². The predicted molar refractivity (Wildman–Crippen MR) is 276 cm³/mol. The van der Waals surface area contributed by atoms with Gasteiger partial charge < -0.3 is 93.0 Å². The van der Waals surface area contributed by atoms with Gasteiger partial charge in [0.05, 0.1) is 43.4 Å². The topological polar surface area (TPSA) is 361 Å². The highest BCUT2D eigenvalue weighted by Crippen LogP contribution is 2.77. The standard InChI is InChI=1S/C55H86O25S/c1-24(2)12-11-17-54(9)45-30(73-26(4)57)20-53(8)28-13-14-33-51(5,6)34(16-18-52(33,7)27(28)15-19-55(45,53)50(65)79-54)75-49-44(36(60)32(23-71-49)80-81(66,67)68)78-47-38(62)37(61)41(25(3)72-47)76-46-39(63)42(29(58)22-70-46)77-48-40(64)43(69-10)35(59)31(21-56)74-48/h13,25,27,29-49,56,58-64H,1,11-12,14-23H2,2-10H3,(H,66,67,68). The van der Waals surface area contributed by atoms with Gasteiger partial charge in [-0.05, 0) is 101 Å². The number of methoxy groups -OCH3 is 1. The molecule has 0 amide bonds. The van der Waals surface area contributed by atoms with E-state index in [-0.39, 0.29) is 29.1 Å². The Morgan fingerprint density at radius 3 is 2.09 bits per heavy atom. The largest absolute Gasteiger partial charge is 0.462 e. The Hall–Kier alpha value is -2.39. The third kappa shape index (κ3) is 11.1. The van der Waals surface area contributed by atoms with Gasteiger partial charge in [0.2, 0.25) is 0 Å². The molecule has 5 heterocycles. The molecule has 0 aromatic carbocycles. The summed E-state index contributed by atoms with van der Waals surface area (Å²) in [5.41, 5.74) is -1.15. The Bertz CT molecular complexity index is 2440. The molecular formula is C55H86O25S. The highest BCUT2D eigenvalue weighted by atomic mass is 32.3. The Labute approximate surface area is 472 Å². The number of fused-ring (bicyclic) bond motifs is 4. The molecule has 462 valence electrons. The van der Waals surface area contributed by atoms with E-state index in [2.05, 4.69) is 40.3 Å². The lowest BCUT2D eigenvalue weighted by Crippen LogP contribution is -2.65. The fourth-order valence-corrected chi connectivity index (χ4v) is 16.9. The first-order valence-corrected chi connectivity index (χ1v) is 29.7. The number of rotatable bonds is 17. The quantitative estimate of drug-likeness (QED) is 0.0547. The van der Waals surface area contributed by atoms with E-state index in [9.17, 15) is 63.4 Å². The summed E-state index contributed by atoms with van der Waals surface area (Å²) in [7, 11) is -3.95. The van der Waals surface area contributed by atoms with E-state index in [1.807, 2.05) is 13.8 Å². The van der Waals surface area contributed by atoms with Crippen molar-refractivity contribution < 1.29 is 120 Å². The smallest absolute Gasteiger partial charge is 0.397 e. The lowest BCUT2D eigenvalue weighted by atomic mass is 9.41. The number of carbonyl (C=O) groups excluding carboxylic acids is 2. The molecule has 81 heavy (non-hydrogen) atoms. The minimum Gasteiger partial charge on any atom is -0.462 e. The lowest BCUT2D eigenvalue weighted by molar-refractivity contribution is -0.382. The van der Waals surface area contributed by atoms with Crippen LogP contribution in [0.3, 0.4) is 0 Å². The Balaban J connectivity index is 0.906. The van der Waals surface area contributed by atoms with Gasteiger partial charge in [0.1, 0.15) is 91.1 Å². The summed E-state index contributed by atoms with van der Waals surface area (Å²) in [6.07, 6.45) is -22.3. The van der Waals surface area contributed by atoms with E-state index in [1.54, 1.807) is 0 Å². The molecule has 5 saturated heterocycles. The highest BCUT2D eigenvalue weighted by molar-refractivity contribution is 7.80. The van der Waals surface area contributed by atoms with Gasteiger partial charge in [-0.25, -0.2) is 4.18 Å². The number of carbonyl (C=O) groups is 2. The van der Waals surface area contributed by atoms with Crippen molar-refractivity contribution in [2.75, 3.05) is 26.9 Å². The summed E-state index contributed by atoms with van der Waals surface area (Å²) in [5, 5.41) is 88.4. The number of allylic oxidation sites excluding steroid dienone is 3. The average molecular weight is 1180 g/mol. The van der Waals surface area contributed by atoms with Crippen LogP contribution in [-0.2, 0) is 76.3 Å². The number of esters is 2. The molecule has 27 atom stereocenters. The van der Waals surface area contributed by atoms with Gasteiger partial charge in [-0.3, -0.25) is 14.1 Å². The minimum atomic E-state index is -5.16. The third-order valence-corrected chi connectivity index (χ3v) is 20.7. The summed E-state index contributed by atoms with van der Waals surface area (Å²) < 4.78 is 104. The van der Waals surface area contributed by atoms with Crippen LogP contribution in [0.1, 0.15) is 113 Å². The van der Waals surface area contributed by atoms with E-state index in [0.29, 0.717) is 44.9 Å². The second kappa shape index (κ2) is 23.4. The molecule has 9 rings (SSSR count). The van der Waals surface area contributed by atoms with Crippen molar-refractivity contribution in [3.05, 3.63) is 23.8 Å². The number of hydrogen-bond acceptors (Lipinski definition) is 24. The van der Waals surface area contributed by atoms with Gasteiger partial charge >= 0.3 is 22.3 Å². The Kier molecular flexibility index (Phi) is 18.2. The van der Waals surface area contributed by atoms with Crippen molar-refractivity contribution in [2.24, 2.45) is 39.4 Å². The minimum absolute atomic E-state index is 0.0147. The fraction of sp³-hybridized carbons (Fsp3) is 0.891. The van der Waals surface area contributed by atoms with E-state index in [4.69, 9.17) is 56.3 Å². The molecule has 26 heteroatoms. The SMILES string of the molecule is C=C(C)CCCC1(C)OC(=O)C23CCC4C(=CCC5C(C)(C)C(OC6OCC(OS(=O)(=O)O)C(O)C6OC6OC(C)C(OC7OCC(O)C(OC8OC(CO)C(O)C(OC)C8O)C7O)C(O)C6O)CCC45C)C2(C)CC(OC(C)=O)C13. The molecule has 8 fully saturated rings. The van der Waals surface area contributed by atoms with Crippen LogP contribution in [0.25, 0.3) is 0 Å². The molecule has 0 aromatic rings. The van der Waals surface area contributed by atoms with Crippen molar-refractivity contribution in [1.82, 2.24) is 0 Å². The molecule has 0 bridgehead atoms. The maximum atomic E-state index is 14.7. The first kappa shape index (κ1) is 63.1. The first-order valence-electron chi connectivity index (χ1n) is 28.3. The van der Waals surface area contributed by atoms with E-state index < -0.39 is 181 Å². The van der Waals surface area contributed by atoms with E-state index in [1.165, 1.54) is 26.5 Å². The zero-order valence-corrected chi connectivity index (χ0v) is 48.3. The second-order valence-corrected chi connectivity index (χ2v) is 26.6. The van der Waals surface area contributed by atoms with Crippen LogP contribution in [0.5, 0.6) is 0 Å². The van der Waals surface area contributed by atoms with Crippen molar-refractivity contribution in [3.63, 3.8) is 0 Å². The monoisotopic (exact) mass is 1180 g/mol. The van der Waals surface area contributed by atoms with Crippen molar-refractivity contribution in [2.45, 2.75) is 242 Å². The molecule has 1 spiro atoms. The molecule has 9 N–H and O–H groups in total. The van der Waals surface area contributed by atoms with Crippen LogP contribution in [0.15, 0.2) is 23.8 Å². The maximum Gasteiger partial charge on any atom is 0.397 e. The number of cyclic esters (lactones) is 1. The summed E-state index contributed by atoms with van der Waals surface area (Å²) in [4.78, 5) is 27.4. The third-order valence-electron chi connectivity index (χ3n) is 20.2. The number of aliphatic hydroxyl groups is 8. The van der Waals surface area contributed by atoms with Gasteiger partial charge in [0, 0.05) is 19.4 Å². The maximum absolute atomic E-state index is 14.7. The molecule has 5 aliphatic heterocycles. The second-order valence-electron chi connectivity index (χ2n) is 25.6. The van der Waals surface area contributed by atoms with Gasteiger partial charge in [-0.2, -0.15) is 8.42 Å². The summed E-state index contributed by atoms with van der Waals surface area (Å²) in [6, 6.07) is 0. The van der Waals surface area contributed by atoms with Gasteiger partial charge in [0.25, 0.3) is 0 Å². The number of aliphatic hydroxyl groups excluding tert-OH is 8. The summed E-state index contributed by atoms with van der Waals surface area (Å²) in [5.74, 6) is -0.970. The van der Waals surface area contributed by atoms with Crippen LogP contribution in [0.4, 0.5) is 0 Å². The van der Waals surface area contributed by atoms with Gasteiger partial charge in [-0.15, -0.1) is 6.58 Å². The van der Waals surface area contributed by atoms with Crippen LogP contribution in [0.2, 0.25) is 0 Å². The zero-order chi connectivity index (χ0) is 59.3. The molecule has 0 aromatic heterocycles. The molecule has 27 unspecified atom stereocenters. The van der Waals surface area contributed by atoms with Crippen LogP contribution < -0.4 is 0 Å². The average Bonchev–Trinajstić information content (AvgIpc) is 2.79. The first-order chi connectivity index (χ1) is 37.9. The fourth-order valence-electron chi connectivity index (χ4n) is 16.4. The number of ether oxygens (including phenoxy) is 11. The Morgan fingerprint density at radius 2 is 1.43 bits per heavy atom. The van der Waals surface area contributed by atoms with Crippen LogP contribution >= 0.6 is 0 Å². The normalized spacial score (nSPS) is 49.6.